The Hall–Kier alpha value is -3.59. The smallest absolute Gasteiger partial charge is 0.260 e. The molecular weight excluding hydrogens is 431 g/mol. The predicted molar refractivity (Wildman–Crippen MR) is 121 cm³/mol. The van der Waals surface area contributed by atoms with Crippen LogP contribution >= 0.6 is 11.3 Å². The molecule has 164 valence electrons. The zero-order chi connectivity index (χ0) is 22.7. The van der Waals surface area contributed by atoms with Crippen LogP contribution in [0.5, 0.6) is 0 Å². The van der Waals surface area contributed by atoms with Gasteiger partial charge in [-0.2, -0.15) is 0 Å². The molecule has 32 heavy (non-hydrogen) atoms. The lowest BCUT2D eigenvalue weighted by Crippen LogP contribution is -2.17. The zero-order valence-electron chi connectivity index (χ0n) is 17.3. The van der Waals surface area contributed by atoms with Gasteiger partial charge in [-0.25, -0.2) is 9.37 Å². The second kappa shape index (κ2) is 9.27. The average Bonchev–Trinajstić information content (AvgIpc) is 3.52. The van der Waals surface area contributed by atoms with Crippen molar-refractivity contribution in [2.75, 3.05) is 16.0 Å². The largest absolute Gasteiger partial charge is 0.326 e. The summed E-state index contributed by atoms with van der Waals surface area (Å²) in [5, 5.41) is 10.2. The minimum Gasteiger partial charge on any atom is -0.326 e. The lowest BCUT2D eigenvalue weighted by Gasteiger charge is -2.11. The third kappa shape index (κ3) is 5.36. The van der Waals surface area contributed by atoms with Crippen LogP contribution < -0.4 is 16.0 Å². The van der Waals surface area contributed by atoms with E-state index in [0.717, 1.165) is 29.7 Å². The van der Waals surface area contributed by atoms with Crippen molar-refractivity contribution in [3.05, 3.63) is 70.5 Å². The van der Waals surface area contributed by atoms with Gasteiger partial charge in [0.15, 0.2) is 5.13 Å². The summed E-state index contributed by atoms with van der Waals surface area (Å²) >= 11 is 1.15. The topological polar surface area (TPSA) is 100 Å². The van der Waals surface area contributed by atoms with Gasteiger partial charge < -0.3 is 10.6 Å². The highest BCUT2D eigenvalue weighted by molar-refractivity contribution is 7.14. The molecular formula is C23H21FN4O3S. The molecule has 3 N–H and O–H groups in total. The number of halogens is 1. The van der Waals surface area contributed by atoms with Crippen LogP contribution in [0.2, 0.25) is 0 Å². The van der Waals surface area contributed by atoms with E-state index >= 15 is 0 Å². The minimum absolute atomic E-state index is 0.00133. The average molecular weight is 453 g/mol. The van der Waals surface area contributed by atoms with E-state index in [0.29, 0.717) is 17.1 Å². The van der Waals surface area contributed by atoms with E-state index in [1.165, 1.54) is 18.2 Å². The summed E-state index contributed by atoms with van der Waals surface area (Å²) in [7, 11) is 0. The number of carbonyl (C=O) groups excluding carboxylic acids is 3. The first kappa shape index (κ1) is 21.6. The maximum absolute atomic E-state index is 13.7. The van der Waals surface area contributed by atoms with Crippen LogP contribution in [-0.4, -0.2) is 22.7 Å². The molecule has 0 spiro atoms. The highest BCUT2D eigenvalue weighted by Gasteiger charge is 2.29. The lowest BCUT2D eigenvalue weighted by molar-refractivity contribution is -0.117. The molecule has 1 heterocycles. The van der Waals surface area contributed by atoms with E-state index in [4.69, 9.17) is 0 Å². The van der Waals surface area contributed by atoms with Gasteiger partial charge in [0.2, 0.25) is 11.8 Å². The zero-order valence-corrected chi connectivity index (χ0v) is 18.1. The highest BCUT2D eigenvalue weighted by Crippen LogP contribution is 2.31. The fraction of sp³-hybridized carbons (Fsp3) is 0.217. The van der Waals surface area contributed by atoms with Crippen molar-refractivity contribution in [3.63, 3.8) is 0 Å². The summed E-state index contributed by atoms with van der Waals surface area (Å²) in [6.45, 7) is 1.86. The molecule has 4 rings (SSSR count). The summed E-state index contributed by atoms with van der Waals surface area (Å²) < 4.78 is 13.7. The number of nitrogens with one attached hydrogen (secondary N) is 3. The number of anilines is 3. The van der Waals surface area contributed by atoms with E-state index in [1.807, 2.05) is 13.0 Å². The van der Waals surface area contributed by atoms with Crippen LogP contribution in [0.15, 0.2) is 47.8 Å². The first-order valence-electron chi connectivity index (χ1n) is 10.1. The standard InChI is InChI=1S/C23H21FN4O3S/c1-13-6-9-15(25-21(30)14-7-8-14)10-19(13)27-20(29)11-16-12-32-23(26-16)28-22(31)17-4-2-3-5-18(17)24/h2-6,9-10,12,14H,7-8,11H2,1H3,(H,25,30)(H,27,29)(H,26,28,31). The van der Waals surface area contributed by atoms with E-state index < -0.39 is 11.7 Å². The molecule has 3 aromatic rings. The molecule has 9 heteroatoms. The summed E-state index contributed by atoms with van der Waals surface area (Å²) in [6.07, 6.45) is 1.83. The number of aromatic nitrogens is 1. The number of aryl methyl sites for hydroxylation is 1. The normalized spacial score (nSPS) is 12.8. The second-order valence-corrected chi connectivity index (χ2v) is 8.45. The Balaban J connectivity index is 1.35. The molecule has 1 aromatic heterocycles. The van der Waals surface area contributed by atoms with Crippen LogP contribution in [0.3, 0.4) is 0 Å². The molecule has 0 saturated heterocycles. The van der Waals surface area contributed by atoms with Crippen molar-refractivity contribution in [2.45, 2.75) is 26.2 Å². The Labute approximate surface area is 188 Å². The third-order valence-electron chi connectivity index (χ3n) is 4.96. The maximum atomic E-state index is 13.7. The minimum atomic E-state index is -0.618. The molecule has 7 nitrogen and oxygen atoms in total. The Kier molecular flexibility index (Phi) is 6.27. The monoisotopic (exact) mass is 452 g/mol. The summed E-state index contributed by atoms with van der Waals surface area (Å²) in [5.74, 6) is -1.41. The predicted octanol–water partition coefficient (Wildman–Crippen LogP) is 4.37. The van der Waals surface area contributed by atoms with Crippen molar-refractivity contribution in [2.24, 2.45) is 5.92 Å². The fourth-order valence-electron chi connectivity index (χ4n) is 3.04. The van der Waals surface area contributed by atoms with Gasteiger partial charge >= 0.3 is 0 Å². The van der Waals surface area contributed by atoms with Gasteiger partial charge in [0.25, 0.3) is 5.91 Å². The van der Waals surface area contributed by atoms with Gasteiger partial charge in [-0.3, -0.25) is 19.7 Å². The molecule has 0 aliphatic heterocycles. The molecule has 3 amide bonds. The number of nitrogens with zero attached hydrogens (tertiary/aromatic N) is 1. The van der Waals surface area contributed by atoms with Crippen LogP contribution in [0, 0.1) is 18.7 Å². The Morgan fingerprint density at radius 3 is 2.62 bits per heavy atom. The SMILES string of the molecule is Cc1ccc(NC(=O)C2CC2)cc1NC(=O)Cc1csc(NC(=O)c2ccccc2F)n1. The molecule has 0 bridgehead atoms. The lowest BCUT2D eigenvalue weighted by atomic mass is 10.1. The summed E-state index contributed by atoms with van der Waals surface area (Å²) in [6, 6.07) is 11.0. The van der Waals surface area contributed by atoms with Crippen molar-refractivity contribution in [1.82, 2.24) is 4.98 Å². The van der Waals surface area contributed by atoms with Gasteiger partial charge in [-0.1, -0.05) is 18.2 Å². The molecule has 1 saturated carbocycles. The van der Waals surface area contributed by atoms with Gasteiger partial charge in [-0.05, 0) is 49.6 Å². The molecule has 0 unspecified atom stereocenters. The maximum Gasteiger partial charge on any atom is 0.260 e. The second-order valence-electron chi connectivity index (χ2n) is 7.60. The van der Waals surface area contributed by atoms with Gasteiger partial charge in [0.05, 0.1) is 17.7 Å². The van der Waals surface area contributed by atoms with E-state index in [-0.39, 0.29) is 34.8 Å². The first-order chi connectivity index (χ1) is 15.4. The number of carbonyl (C=O) groups is 3. The Morgan fingerprint density at radius 2 is 1.88 bits per heavy atom. The van der Waals surface area contributed by atoms with Gasteiger partial charge in [-0.15, -0.1) is 11.3 Å². The summed E-state index contributed by atoms with van der Waals surface area (Å²) in [4.78, 5) is 40.9. The molecule has 0 atom stereocenters. The van der Waals surface area contributed by atoms with E-state index in [9.17, 15) is 18.8 Å². The Morgan fingerprint density at radius 1 is 1.09 bits per heavy atom. The molecule has 2 aromatic carbocycles. The van der Waals surface area contributed by atoms with Crippen LogP contribution in [0.4, 0.5) is 20.9 Å². The summed E-state index contributed by atoms with van der Waals surface area (Å²) in [5.41, 5.74) is 2.50. The quantitative estimate of drug-likeness (QED) is 0.496. The number of hydrogen-bond acceptors (Lipinski definition) is 5. The molecule has 1 aliphatic rings. The van der Waals surface area contributed by atoms with Gasteiger partial charge in [0, 0.05) is 22.7 Å². The van der Waals surface area contributed by atoms with Crippen LogP contribution in [0.1, 0.15) is 34.5 Å². The van der Waals surface area contributed by atoms with E-state index in [1.54, 1.807) is 23.6 Å². The van der Waals surface area contributed by atoms with Crippen molar-refractivity contribution in [1.29, 1.82) is 0 Å². The highest BCUT2D eigenvalue weighted by atomic mass is 32.1. The third-order valence-corrected chi connectivity index (χ3v) is 5.77. The number of rotatable bonds is 7. The number of amides is 3. The van der Waals surface area contributed by atoms with Crippen LogP contribution in [-0.2, 0) is 16.0 Å². The Bertz CT molecular complexity index is 1190. The number of thiazole rings is 1. The van der Waals surface area contributed by atoms with Crippen molar-refractivity contribution >= 4 is 45.6 Å². The molecule has 0 radical (unpaired) electrons. The first-order valence-corrected chi connectivity index (χ1v) is 11.0. The van der Waals surface area contributed by atoms with Crippen molar-refractivity contribution < 1.29 is 18.8 Å². The van der Waals surface area contributed by atoms with Gasteiger partial charge in [0.1, 0.15) is 5.82 Å². The molecule has 1 aliphatic carbocycles. The van der Waals surface area contributed by atoms with Crippen molar-refractivity contribution in [3.8, 4) is 0 Å². The number of benzene rings is 2. The van der Waals surface area contributed by atoms with E-state index in [2.05, 4.69) is 20.9 Å². The number of hydrogen-bond donors (Lipinski definition) is 3. The fourth-order valence-corrected chi connectivity index (χ4v) is 3.74. The molecule has 1 fully saturated rings. The van der Waals surface area contributed by atoms with Crippen LogP contribution in [0.25, 0.3) is 0 Å².